The molecule has 2 N–H and O–H groups in total. The summed E-state index contributed by atoms with van der Waals surface area (Å²) in [6, 6.07) is 13.6. The molecule has 0 aliphatic heterocycles. The Morgan fingerprint density at radius 1 is 0.963 bits per heavy atom. The summed E-state index contributed by atoms with van der Waals surface area (Å²) in [7, 11) is 1.58. The van der Waals surface area contributed by atoms with E-state index in [4.69, 9.17) is 4.74 Å². The Morgan fingerprint density at radius 2 is 1.56 bits per heavy atom. The molecule has 0 spiro atoms. The van der Waals surface area contributed by atoms with E-state index in [0.717, 1.165) is 11.3 Å². The highest BCUT2D eigenvalue weighted by molar-refractivity contribution is 5.90. The number of amides is 2. The van der Waals surface area contributed by atoms with Crippen LogP contribution in [0.5, 0.6) is 5.75 Å². The Bertz CT molecular complexity index is 772. The molecule has 0 aromatic heterocycles. The predicted octanol–water partition coefficient (Wildman–Crippen LogP) is 3.45. The third kappa shape index (κ3) is 6.65. The number of anilines is 1. The Kier molecular flexibility index (Phi) is 6.81. The lowest BCUT2D eigenvalue weighted by Gasteiger charge is -2.09. The molecular formula is C19H19F3N2O3. The van der Waals surface area contributed by atoms with Crippen molar-refractivity contribution in [2.75, 3.05) is 12.4 Å². The lowest BCUT2D eigenvalue weighted by Crippen LogP contribution is -2.36. The zero-order valence-corrected chi connectivity index (χ0v) is 14.6. The van der Waals surface area contributed by atoms with Crippen molar-refractivity contribution >= 4 is 17.5 Å². The highest BCUT2D eigenvalue weighted by atomic mass is 19.4. The summed E-state index contributed by atoms with van der Waals surface area (Å²) in [6.45, 7) is -0.246. The third-order valence-electron chi connectivity index (χ3n) is 3.75. The van der Waals surface area contributed by atoms with E-state index in [-0.39, 0.29) is 18.9 Å². The topological polar surface area (TPSA) is 67.4 Å². The molecule has 0 bridgehead atoms. The standard InChI is InChI=1S/C19H19F3N2O3/c1-27-16-9-4-13(5-10-16)6-11-17(25)24-15-7-2-14(3-8-15)12-23-18(26)19(20,21)22/h2-5,7-10H,6,11-12H2,1H3,(H,23,26)(H,24,25). The summed E-state index contributed by atoms with van der Waals surface area (Å²) in [5.74, 6) is -1.42. The Hall–Kier alpha value is -3.03. The number of rotatable bonds is 7. The monoisotopic (exact) mass is 380 g/mol. The lowest BCUT2D eigenvalue weighted by molar-refractivity contribution is -0.173. The average molecular weight is 380 g/mol. The van der Waals surface area contributed by atoms with E-state index < -0.39 is 12.1 Å². The van der Waals surface area contributed by atoms with E-state index in [9.17, 15) is 22.8 Å². The van der Waals surface area contributed by atoms with Gasteiger partial charge >= 0.3 is 12.1 Å². The van der Waals surface area contributed by atoms with Gasteiger partial charge in [0.25, 0.3) is 0 Å². The van der Waals surface area contributed by atoms with Gasteiger partial charge in [-0.25, -0.2) is 0 Å². The second kappa shape index (κ2) is 9.07. The van der Waals surface area contributed by atoms with Gasteiger partial charge < -0.3 is 15.4 Å². The summed E-state index contributed by atoms with van der Waals surface area (Å²) < 4.78 is 41.5. The first kappa shape index (κ1) is 20.3. The zero-order chi connectivity index (χ0) is 19.9. The molecule has 2 aromatic rings. The maximum absolute atomic E-state index is 12.1. The summed E-state index contributed by atoms with van der Waals surface area (Å²) in [5.41, 5.74) is 2.02. The molecule has 0 saturated carbocycles. The maximum Gasteiger partial charge on any atom is 0.471 e. The van der Waals surface area contributed by atoms with Gasteiger partial charge in [-0.05, 0) is 41.8 Å². The molecule has 2 rings (SSSR count). The molecule has 144 valence electrons. The molecule has 0 aliphatic rings. The smallest absolute Gasteiger partial charge is 0.471 e. The second-order valence-corrected chi connectivity index (χ2v) is 5.77. The van der Waals surface area contributed by atoms with Crippen LogP contribution in [0.25, 0.3) is 0 Å². The molecule has 0 radical (unpaired) electrons. The Labute approximate surface area is 154 Å². The number of halogens is 3. The molecule has 5 nitrogen and oxygen atoms in total. The molecule has 0 aliphatic carbocycles. The van der Waals surface area contributed by atoms with Gasteiger partial charge in [-0.15, -0.1) is 0 Å². The number of alkyl halides is 3. The van der Waals surface area contributed by atoms with E-state index in [2.05, 4.69) is 5.32 Å². The molecule has 0 heterocycles. The van der Waals surface area contributed by atoms with Crippen molar-refractivity contribution in [2.45, 2.75) is 25.6 Å². The van der Waals surface area contributed by atoms with Gasteiger partial charge in [0, 0.05) is 18.7 Å². The van der Waals surface area contributed by atoms with Crippen LogP contribution in [0.2, 0.25) is 0 Å². The highest BCUT2D eigenvalue weighted by Crippen LogP contribution is 2.16. The van der Waals surface area contributed by atoms with E-state index in [0.29, 0.717) is 17.7 Å². The van der Waals surface area contributed by atoms with E-state index in [1.807, 2.05) is 24.3 Å². The fraction of sp³-hybridized carbons (Fsp3) is 0.263. The van der Waals surface area contributed by atoms with Crippen molar-refractivity contribution in [1.82, 2.24) is 5.32 Å². The molecule has 0 unspecified atom stereocenters. The quantitative estimate of drug-likeness (QED) is 0.773. The van der Waals surface area contributed by atoms with Crippen molar-refractivity contribution in [2.24, 2.45) is 0 Å². The number of hydrogen-bond donors (Lipinski definition) is 2. The number of ether oxygens (including phenoxy) is 1. The normalized spacial score (nSPS) is 11.0. The van der Waals surface area contributed by atoms with Crippen LogP contribution in [0, 0.1) is 0 Å². The van der Waals surface area contributed by atoms with Crippen LogP contribution < -0.4 is 15.4 Å². The number of nitrogens with one attached hydrogen (secondary N) is 2. The molecule has 8 heteroatoms. The van der Waals surface area contributed by atoms with Crippen molar-refractivity contribution in [3.63, 3.8) is 0 Å². The number of benzene rings is 2. The molecular weight excluding hydrogens is 361 g/mol. The SMILES string of the molecule is COc1ccc(CCC(=O)Nc2ccc(CNC(=O)C(F)(F)F)cc2)cc1. The number of hydrogen-bond acceptors (Lipinski definition) is 3. The number of carbonyl (C=O) groups is 2. The summed E-state index contributed by atoms with van der Waals surface area (Å²) in [6.07, 6.45) is -4.05. The number of aryl methyl sites for hydroxylation is 1. The predicted molar refractivity (Wildman–Crippen MR) is 94.3 cm³/mol. The zero-order valence-electron chi connectivity index (χ0n) is 14.6. The van der Waals surface area contributed by atoms with E-state index in [1.54, 1.807) is 24.6 Å². The first-order chi connectivity index (χ1) is 12.8. The van der Waals surface area contributed by atoms with Crippen LogP contribution in [0.15, 0.2) is 48.5 Å². The van der Waals surface area contributed by atoms with Crippen LogP contribution >= 0.6 is 0 Å². The van der Waals surface area contributed by atoms with Crippen LogP contribution in [0.1, 0.15) is 17.5 Å². The highest BCUT2D eigenvalue weighted by Gasteiger charge is 2.38. The summed E-state index contributed by atoms with van der Waals surface area (Å²) >= 11 is 0. The third-order valence-corrected chi connectivity index (χ3v) is 3.75. The summed E-state index contributed by atoms with van der Waals surface area (Å²) in [4.78, 5) is 22.8. The minimum atomic E-state index is -4.90. The number of methoxy groups -OCH3 is 1. The van der Waals surface area contributed by atoms with Gasteiger partial charge in [0.2, 0.25) is 5.91 Å². The molecule has 0 fully saturated rings. The Balaban J connectivity index is 1.79. The van der Waals surface area contributed by atoms with Gasteiger partial charge in [0.15, 0.2) is 0 Å². The minimum Gasteiger partial charge on any atom is -0.497 e. The van der Waals surface area contributed by atoms with Crippen molar-refractivity contribution in [3.05, 3.63) is 59.7 Å². The first-order valence-electron chi connectivity index (χ1n) is 8.14. The lowest BCUT2D eigenvalue weighted by atomic mass is 10.1. The van der Waals surface area contributed by atoms with Gasteiger partial charge in [0.1, 0.15) is 5.75 Å². The fourth-order valence-electron chi connectivity index (χ4n) is 2.26. The van der Waals surface area contributed by atoms with E-state index >= 15 is 0 Å². The maximum atomic E-state index is 12.1. The van der Waals surface area contributed by atoms with Gasteiger partial charge in [0.05, 0.1) is 7.11 Å². The average Bonchev–Trinajstić information content (AvgIpc) is 2.65. The molecule has 0 atom stereocenters. The van der Waals surface area contributed by atoms with Gasteiger partial charge in [-0.1, -0.05) is 24.3 Å². The first-order valence-corrected chi connectivity index (χ1v) is 8.14. The van der Waals surface area contributed by atoms with E-state index in [1.165, 1.54) is 12.1 Å². The minimum absolute atomic E-state index is 0.177. The summed E-state index contributed by atoms with van der Waals surface area (Å²) in [5, 5.41) is 4.51. The molecule has 2 aromatic carbocycles. The number of carbonyl (C=O) groups excluding carboxylic acids is 2. The van der Waals surface area contributed by atoms with Crippen LogP contribution in [-0.2, 0) is 22.6 Å². The largest absolute Gasteiger partial charge is 0.497 e. The van der Waals surface area contributed by atoms with Crippen molar-refractivity contribution in [1.29, 1.82) is 0 Å². The second-order valence-electron chi connectivity index (χ2n) is 5.77. The fourth-order valence-corrected chi connectivity index (χ4v) is 2.26. The van der Waals surface area contributed by atoms with Crippen LogP contribution in [0.4, 0.5) is 18.9 Å². The molecule has 2 amide bonds. The Morgan fingerprint density at radius 3 is 2.11 bits per heavy atom. The molecule has 27 heavy (non-hydrogen) atoms. The van der Waals surface area contributed by atoms with Crippen molar-refractivity contribution < 1.29 is 27.5 Å². The van der Waals surface area contributed by atoms with Gasteiger partial charge in [-0.3, -0.25) is 9.59 Å². The molecule has 0 saturated heterocycles. The van der Waals surface area contributed by atoms with Crippen LogP contribution in [-0.4, -0.2) is 25.1 Å². The van der Waals surface area contributed by atoms with Gasteiger partial charge in [-0.2, -0.15) is 13.2 Å². The van der Waals surface area contributed by atoms with Crippen molar-refractivity contribution in [3.8, 4) is 5.75 Å². The van der Waals surface area contributed by atoms with Crippen LogP contribution in [0.3, 0.4) is 0 Å².